The van der Waals surface area contributed by atoms with Crippen LogP contribution in [-0.2, 0) is 11.3 Å². The molecule has 5 nitrogen and oxygen atoms in total. The smallest absolute Gasteiger partial charge is 0.184 e. The van der Waals surface area contributed by atoms with E-state index in [1.54, 1.807) is 6.07 Å². The van der Waals surface area contributed by atoms with Gasteiger partial charge in [-0.05, 0) is 24.6 Å². The zero-order valence-electron chi connectivity index (χ0n) is 14.6. The number of carbonyl (C=O) groups excluding carboxylic acids is 1. The summed E-state index contributed by atoms with van der Waals surface area (Å²) in [6.45, 7) is 3.70. The molecule has 2 rings (SSSR count). The molecule has 0 aliphatic heterocycles. The summed E-state index contributed by atoms with van der Waals surface area (Å²) in [5.74, 6) is 1.15. The number of benzene rings is 2. The SMILES string of the molecule is CCOc1ccccc1OCC(=O)CN(CCO)Cc1ccccc1. The molecule has 25 heavy (non-hydrogen) atoms. The average Bonchev–Trinajstić information content (AvgIpc) is 2.62. The third kappa shape index (κ3) is 6.57. The minimum Gasteiger partial charge on any atom is -0.490 e. The van der Waals surface area contributed by atoms with Gasteiger partial charge in [0.15, 0.2) is 17.3 Å². The summed E-state index contributed by atoms with van der Waals surface area (Å²) >= 11 is 0. The molecule has 134 valence electrons. The monoisotopic (exact) mass is 343 g/mol. The van der Waals surface area contributed by atoms with Crippen LogP contribution in [0.2, 0.25) is 0 Å². The maximum Gasteiger partial charge on any atom is 0.184 e. The molecule has 0 unspecified atom stereocenters. The summed E-state index contributed by atoms with van der Waals surface area (Å²) in [6, 6.07) is 17.2. The van der Waals surface area contributed by atoms with Gasteiger partial charge in [0.25, 0.3) is 0 Å². The molecular weight excluding hydrogens is 318 g/mol. The van der Waals surface area contributed by atoms with E-state index >= 15 is 0 Å². The van der Waals surface area contributed by atoms with E-state index in [1.165, 1.54) is 0 Å². The summed E-state index contributed by atoms with van der Waals surface area (Å²) in [7, 11) is 0. The van der Waals surface area contributed by atoms with Crippen molar-refractivity contribution in [3.8, 4) is 11.5 Å². The third-order valence-electron chi connectivity index (χ3n) is 3.60. The second-order valence-corrected chi connectivity index (χ2v) is 5.63. The molecule has 0 heterocycles. The Balaban J connectivity index is 1.88. The zero-order valence-corrected chi connectivity index (χ0v) is 14.6. The van der Waals surface area contributed by atoms with Crippen molar-refractivity contribution in [2.45, 2.75) is 13.5 Å². The predicted molar refractivity (Wildman–Crippen MR) is 96.9 cm³/mol. The number of para-hydroxylation sites is 2. The molecule has 0 spiro atoms. The van der Waals surface area contributed by atoms with E-state index in [1.807, 2.05) is 60.4 Å². The summed E-state index contributed by atoms with van der Waals surface area (Å²) < 4.78 is 11.1. The summed E-state index contributed by atoms with van der Waals surface area (Å²) in [5.41, 5.74) is 1.10. The first-order valence-corrected chi connectivity index (χ1v) is 8.46. The first-order valence-electron chi connectivity index (χ1n) is 8.46. The average molecular weight is 343 g/mol. The van der Waals surface area contributed by atoms with E-state index in [0.717, 1.165) is 5.56 Å². The highest BCUT2D eigenvalue weighted by atomic mass is 16.5. The fraction of sp³-hybridized carbons (Fsp3) is 0.350. The number of aliphatic hydroxyl groups is 1. The molecule has 5 heteroatoms. The Labute approximate surface area is 148 Å². The molecule has 1 N–H and O–H groups in total. The lowest BCUT2D eigenvalue weighted by molar-refractivity contribution is -0.122. The quantitative estimate of drug-likeness (QED) is 0.679. The molecule has 0 aliphatic carbocycles. The highest BCUT2D eigenvalue weighted by Crippen LogP contribution is 2.26. The maximum atomic E-state index is 12.3. The number of ether oxygens (including phenoxy) is 2. The Hall–Kier alpha value is -2.37. The van der Waals surface area contributed by atoms with E-state index in [-0.39, 0.29) is 25.5 Å². The van der Waals surface area contributed by atoms with Crippen LogP contribution in [0.1, 0.15) is 12.5 Å². The Morgan fingerprint density at radius 2 is 1.64 bits per heavy atom. The third-order valence-corrected chi connectivity index (χ3v) is 3.60. The number of rotatable bonds is 11. The Morgan fingerprint density at radius 3 is 2.28 bits per heavy atom. The topological polar surface area (TPSA) is 59.0 Å². The van der Waals surface area contributed by atoms with Crippen molar-refractivity contribution >= 4 is 5.78 Å². The number of Topliss-reactive ketones (excluding diaryl/α,β-unsaturated/α-hetero) is 1. The standard InChI is InChI=1S/C20H25NO4/c1-2-24-19-10-6-7-11-20(19)25-16-18(23)15-21(12-13-22)14-17-8-4-3-5-9-17/h3-11,22H,2,12-16H2,1H3. The Bertz CT molecular complexity index is 645. The van der Waals surface area contributed by atoms with E-state index in [2.05, 4.69) is 0 Å². The van der Waals surface area contributed by atoms with Crippen LogP contribution in [0.4, 0.5) is 0 Å². The second kappa shape index (κ2) is 10.5. The van der Waals surface area contributed by atoms with Gasteiger partial charge in [0.1, 0.15) is 6.61 Å². The van der Waals surface area contributed by atoms with Gasteiger partial charge in [-0.25, -0.2) is 0 Å². The fourth-order valence-corrected chi connectivity index (χ4v) is 2.49. The number of hydrogen-bond donors (Lipinski definition) is 1. The number of hydrogen-bond acceptors (Lipinski definition) is 5. The molecule has 0 saturated carbocycles. The van der Waals surface area contributed by atoms with Crippen molar-refractivity contribution in [3.05, 3.63) is 60.2 Å². The van der Waals surface area contributed by atoms with Gasteiger partial charge in [-0.15, -0.1) is 0 Å². The van der Waals surface area contributed by atoms with Gasteiger partial charge in [0.05, 0.1) is 19.8 Å². The van der Waals surface area contributed by atoms with Crippen molar-refractivity contribution in [1.82, 2.24) is 4.90 Å². The van der Waals surface area contributed by atoms with E-state index in [4.69, 9.17) is 9.47 Å². The maximum absolute atomic E-state index is 12.3. The number of ketones is 1. The van der Waals surface area contributed by atoms with Crippen molar-refractivity contribution in [3.63, 3.8) is 0 Å². The van der Waals surface area contributed by atoms with Gasteiger partial charge in [0, 0.05) is 13.1 Å². The first-order chi connectivity index (χ1) is 12.2. The van der Waals surface area contributed by atoms with Gasteiger partial charge >= 0.3 is 0 Å². The van der Waals surface area contributed by atoms with Crippen LogP contribution in [-0.4, -0.2) is 48.7 Å². The van der Waals surface area contributed by atoms with Crippen LogP contribution in [0.15, 0.2) is 54.6 Å². The van der Waals surface area contributed by atoms with Crippen LogP contribution in [0.3, 0.4) is 0 Å². The summed E-state index contributed by atoms with van der Waals surface area (Å²) in [4.78, 5) is 14.2. The predicted octanol–water partition coefficient (Wildman–Crippen LogP) is 2.53. The molecule has 0 bridgehead atoms. The fourth-order valence-electron chi connectivity index (χ4n) is 2.49. The molecule has 0 aromatic heterocycles. The molecule has 0 fully saturated rings. The van der Waals surface area contributed by atoms with Gasteiger partial charge in [-0.1, -0.05) is 42.5 Å². The van der Waals surface area contributed by atoms with Gasteiger partial charge in [-0.3, -0.25) is 9.69 Å². The van der Waals surface area contributed by atoms with Gasteiger partial charge in [-0.2, -0.15) is 0 Å². The molecule has 0 atom stereocenters. The minimum atomic E-state index is -0.0457. The van der Waals surface area contributed by atoms with Crippen molar-refractivity contribution in [2.75, 3.05) is 32.9 Å². The highest BCUT2D eigenvalue weighted by molar-refractivity contribution is 5.82. The highest BCUT2D eigenvalue weighted by Gasteiger charge is 2.13. The molecule has 0 radical (unpaired) electrons. The van der Waals surface area contributed by atoms with Gasteiger partial charge in [0.2, 0.25) is 0 Å². The van der Waals surface area contributed by atoms with Gasteiger partial charge < -0.3 is 14.6 Å². The lowest BCUT2D eigenvalue weighted by atomic mass is 10.2. The lowest BCUT2D eigenvalue weighted by Crippen LogP contribution is -2.34. The number of aliphatic hydroxyl groups excluding tert-OH is 1. The largest absolute Gasteiger partial charge is 0.490 e. The minimum absolute atomic E-state index is 0.00808. The Morgan fingerprint density at radius 1 is 1.00 bits per heavy atom. The van der Waals surface area contributed by atoms with Crippen molar-refractivity contribution in [2.24, 2.45) is 0 Å². The summed E-state index contributed by atoms with van der Waals surface area (Å²) in [6.07, 6.45) is 0. The van der Waals surface area contributed by atoms with Crippen LogP contribution < -0.4 is 9.47 Å². The summed E-state index contributed by atoms with van der Waals surface area (Å²) in [5, 5.41) is 9.23. The lowest BCUT2D eigenvalue weighted by Gasteiger charge is -2.20. The molecule has 2 aromatic carbocycles. The van der Waals surface area contributed by atoms with E-state index < -0.39 is 0 Å². The van der Waals surface area contributed by atoms with Crippen molar-refractivity contribution < 1.29 is 19.4 Å². The second-order valence-electron chi connectivity index (χ2n) is 5.63. The number of carbonyl (C=O) groups is 1. The zero-order chi connectivity index (χ0) is 17.9. The van der Waals surface area contributed by atoms with E-state index in [0.29, 0.717) is 31.2 Å². The molecular formula is C20H25NO4. The van der Waals surface area contributed by atoms with Crippen LogP contribution in [0, 0.1) is 0 Å². The Kier molecular flexibility index (Phi) is 7.95. The molecule has 0 amide bonds. The van der Waals surface area contributed by atoms with Crippen LogP contribution in [0.5, 0.6) is 11.5 Å². The number of nitrogens with zero attached hydrogens (tertiary/aromatic N) is 1. The van der Waals surface area contributed by atoms with Crippen LogP contribution in [0.25, 0.3) is 0 Å². The van der Waals surface area contributed by atoms with Crippen molar-refractivity contribution in [1.29, 1.82) is 0 Å². The van der Waals surface area contributed by atoms with Crippen LogP contribution >= 0.6 is 0 Å². The molecule has 0 saturated heterocycles. The normalized spacial score (nSPS) is 10.7. The van der Waals surface area contributed by atoms with E-state index in [9.17, 15) is 9.90 Å². The molecule has 0 aliphatic rings. The first kappa shape index (κ1) is 19.0. The molecule has 2 aromatic rings.